The Morgan fingerprint density at radius 3 is 3.00 bits per heavy atom. The highest BCUT2D eigenvalue weighted by atomic mass is 16.1. The topological polar surface area (TPSA) is 45.8 Å². The van der Waals surface area contributed by atoms with E-state index >= 15 is 0 Å². The Bertz CT molecular complexity index is 241. The van der Waals surface area contributed by atoms with Gasteiger partial charge in [0.25, 0.3) is 0 Å². The van der Waals surface area contributed by atoms with E-state index in [2.05, 4.69) is 10.2 Å². The second kappa shape index (κ2) is 2.44. The summed E-state index contributed by atoms with van der Waals surface area (Å²) in [5, 5.41) is 6.16. The molecule has 0 aromatic carbocycles. The van der Waals surface area contributed by atoms with Gasteiger partial charge in [0.15, 0.2) is 0 Å². The van der Waals surface area contributed by atoms with Gasteiger partial charge in [-0.25, -0.2) is 0 Å². The zero-order chi connectivity index (χ0) is 6.69. The first kappa shape index (κ1) is 6.01. The third kappa shape index (κ3) is 1.16. The fraction of sp³-hybridized carbons (Fsp3) is 0.333. The van der Waals surface area contributed by atoms with Crippen molar-refractivity contribution in [2.75, 3.05) is 0 Å². The Balaban J connectivity index is 3.16. The molecule has 0 saturated heterocycles. The van der Waals surface area contributed by atoms with Crippen LogP contribution in [0, 0.1) is 0 Å². The minimum Gasteiger partial charge on any atom is -0.288 e. The first-order valence-electron chi connectivity index (χ1n) is 2.86. The third-order valence-corrected chi connectivity index (χ3v) is 1.19. The lowest BCUT2D eigenvalue weighted by Crippen LogP contribution is -2.07. The van der Waals surface area contributed by atoms with Crippen molar-refractivity contribution >= 4 is 0 Å². The fourth-order valence-corrected chi connectivity index (χ4v) is 0.641. The number of aromatic nitrogens is 2. The van der Waals surface area contributed by atoms with E-state index in [1.165, 1.54) is 6.20 Å². The van der Waals surface area contributed by atoms with Crippen molar-refractivity contribution in [1.29, 1.82) is 0 Å². The quantitative estimate of drug-likeness (QED) is 0.586. The Morgan fingerprint density at radius 2 is 2.56 bits per heavy atom. The molecule has 9 heavy (non-hydrogen) atoms. The van der Waals surface area contributed by atoms with Crippen molar-refractivity contribution in [2.45, 2.75) is 13.3 Å². The molecule has 0 aliphatic rings. The first-order chi connectivity index (χ1) is 4.34. The van der Waals surface area contributed by atoms with Gasteiger partial charge >= 0.3 is 0 Å². The number of rotatable bonds is 1. The molecule has 0 aliphatic heterocycles. The van der Waals surface area contributed by atoms with Crippen molar-refractivity contribution in [3.05, 3.63) is 28.2 Å². The van der Waals surface area contributed by atoms with Gasteiger partial charge in [0.2, 0.25) is 5.43 Å². The maximum atomic E-state index is 10.8. The Kier molecular flexibility index (Phi) is 1.63. The molecule has 3 heteroatoms. The minimum atomic E-state index is 0.0104. The number of hydrogen-bond donors (Lipinski definition) is 1. The van der Waals surface area contributed by atoms with E-state index in [0.29, 0.717) is 0 Å². The normalized spacial score (nSPS) is 9.44. The van der Waals surface area contributed by atoms with Crippen molar-refractivity contribution in [2.24, 2.45) is 0 Å². The van der Waals surface area contributed by atoms with Crippen LogP contribution in [-0.4, -0.2) is 10.2 Å². The highest BCUT2D eigenvalue weighted by molar-refractivity contribution is 5.04. The maximum Gasteiger partial charge on any atom is 0.203 e. The van der Waals surface area contributed by atoms with E-state index in [9.17, 15) is 4.79 Å². The molecule has 1 aromatic heterocycles. The molecule has 0 bridgehead atoms. The van der Waals surface area contributed by atoms with Crippen LogP contribution in [0.2, 0.25) is 0 Å². The van der Waals surface area contributed by atoms with Crippen molar-refractivity contribution in [3.8, 4) is 0 Å². The van der Waals surface area contributed by atoms with Gasteiger partial charge in [-0.1, -0.05) is 6.92 Å². The first-order valence-corrected chi connectivity index (χ1v) is 2.86. The second-order valence-electron chi connectivity index (χ2n) is 1.77. The van der Waals surface area contributed by atoms with E-state index in [-0.39, 0.29) is 5.43 Å². The van der Waals surface area contributed by atoms with Crippen LogP contribution in [0.5, 0.6) is 0 Å². The van der Waals surface area contributed by atoms with Crippen LogP contribution in [0.25, 0.3) is 0 Å². The van der Waals surface area contributed by atoms with Crippen LogP contribution >= 0.6 is 0 Å². The van der Waals surface area contributed by atoms with Crippen LogP contribution in [-0.2, 0) is 6.42 Å². The number of hydrogen-bond acceptors (Lipinski definition) is 2. The summed E-state index contributed by atoms with van der Waals surface area (Å²) in [4.78, 5) is 10.8. The molecular weight excluding hydrogens is 116 g/mol. The summed E-state index contributed by atoms with van der Waals surface area (Å²) in [7, 11) is 0. The van der Waals surface area contributed by atoms with Gasteiger partial charge in [0.1, 0.15) is 0 Å². The molecule has 0 atom stereocenters. The van der Waals surface area contributed by atoms with Crippen molar-refractivity contribution < 1.29 is 0 Å². The molecule has 1 heterocycles. The van der Waals surface area contributed by atoms with Gasteiger partial charge in [-0.2, -0.15) is 5.10 Å². The van der Waals surface area contributed by atoms with E-state index in [1.807, 2.05) is 6.92 Å². The summed E-state index contributed by atoms with van der Waals surface area (Å²) in [5.74, 6) is 0. The van der Waals surface area contributed by atoms with E-state index in [0.717, 1.165) is 12.0 Å². The monoisotopic (exact) mass is 124 g/mol. The SMILES string of the molecule is CCc1c[nH]ncc1=O. The van der Waals surface area contributed by atoms with E-state index < -0.39 is 0 Å². The average molecular weight is 124 g/mol. The Labute approximate surface area is 52.7 Å². The Morgan fingerprint density at radius 1 is 1.78 bits per heavy atom. The van der Waals surface area contributed by atoms with Gasteiger partial charge in [0, 0.05) is 11.8 Å². The smallest absolute Gasteiger partial charge is 0.203 e. The molecule has 0 spiro atoms. The minimum absolute atomic E-state index is 0.0104. The molecule has 3 nitrogen and oxygen atoms in total. The molecule has 0 unspecified atom stereocenters. The summed E-state index contributed by atoms with van der Waals surface area (Å²) in [6.07, 6.45) is 3.68. The number of nitrogens with one attached hydrogen (secondary N) is 1. The molecule has 0 aliphatic carbocycles. The van der Waals surface area contributed by atoms with Gasteiger partial charge < -0.3 is 0 Å². The molecular formula is C6H8N2O. The lowest BCUT2D eigenvalue weighted by molar-refractivity contribution is 0.964. The molecule has 0 radical (unpaired) electrons. The van der Waals surface area contributed by atoms with Crippen molar-refractivity contribution in [3.63, 3.8) is 0 Å². The van der Waals surface area contributed by atoms with Crippen LogP contribution in [0.3, 0.4) is 0 Å². The number of H-pyrrole nitrogens is 1. The number of aromatic amines is 1. The van der Waals surface area contributed by atoms with Crippen molar-refractivity contribution in [1.82, 2.24) is 10.2 Å². The van der Waals surface area contributed by atoms with Gasteiger partial charge in [-0.05, 0) is 6.42 Å². The summed E-state index contributed by atoms with van der Waals surface area (Å²) in [6, 6.07) is 0. The predicted molar refractivity (Wildman–Crippen MR) is 34.2 cm³/mol. The summed E-state index contributed by atoms with van der Waals surface area (Å²) in [6.45, 7) is 1.94. The molecule has 1 aromatic rings. The number of aryl methyl sites for hydroxylation is 1. The van der Waals surface area contributed by atoms with Crippen LogP contribution in [0.4, 0.5) is 0 Å². The summed E-state index contributed by atoms with van der Waals surface area (Å²) < 4.78 is 0. The zero-order valence-electron chi connectivity index (χ0n) is 5.22. The lowest BCUT2D eigenvalue weighted by Gasteiger charge is -1.88. The standard InChI is InChI=1S/C6H8N2O/c1-2-5-3-7-8-4-6(5)9/h3-4H,2H2,1H3,(H,7,9). The molecule has 0 amide bonds. The van der Waals surface area contributed by atoms with Gasteiger partial charge in [-0.3, -0.25) is 9.89 Å². The Hall–Kier alpha value is -1.12. The zero-order valence-corrected chi connectivity index (χ0v) is 5.22. The fourth-order valence-electron chi connectivity index (χ4n) is 0.641. The highest BCUT2D eigenvalue weighted by Gasteiger charge is 1.91. The summed E-state index contributed by atoms with van der Waals surface area (Å²) in [5.41, 5.74) is 0.793. The average Bonchev–Trinajstić information content (AvgIpc) is 1.89. The third-order valence-electron chi connectivity index (χ3n) is 1.19. The molecule has 1 N–H and O–H groups in total. The van der Waals surface area contributed by atoms with Crippen LogP contribution in [0.15, 0.2) is 17.2 Å². The predicted octanol–water partition coefficient (Wildman–Crippen LogP) is 0.332. The number of nitrogens with zero attached hydrogens (tertiary/aromatic N) is 1. The van der Waals surface area contributed by atoms with E-state index in [4.69, 9.17) is 0 Å². The van der Waals surface area contributed by atoms with Crippen LogP contribution in [0.1, 0.15) is 12.5 Å². The maximum absolute atomic E-state index is 10.8. The summed E-state index contributed by atoms with van der Waals surface area (Å²) >= 11 is 0. The van der Waals surface area contributed by atoms with E-state index in [1.54, 1.807) is 6.20 Å². The van der Waals surface area contributed by atoms with Crippen LogP contribution < -0.4 is 5.43 Å². The second-order valence-corrected chi connectivity index (χ2v) is 1.77. The molecule has 0 saturated carbocycles. The van der Waals surface area contributed by atoms with Gasteiger partial charge in [-0.15, -0.1) is 0 Å². The molecule has 0 fully saturated rings. The van der Waals surface area contributed by atoms with Gasteiger partial charge in [0.05, 0.1) is 6.20 Å². The largest absolute Gasteiger partial charge is 0.288 e. The highest BCUT2D eigenvalue weighted by Crippen LogP contribution is 1.84. The molecule has 48 valence electrons. The molecule has 1 rings (SSSR count). The lowest BCUT2D eigenvalue weighted by atomic mass is 10.2.